The molecule has 1 unspecified atom stereocenters. The first-order valence-electron chi connectivity index (χ1n) is 5.60. The second-order valence-corrected chi connectivity index (χ2v) is 3.79. The molecule has 2 nitrogen and oxygen atoms in total. The standard InChI is InChI=1S/C11H25NO/c1-3-4-5-6-7-9-13-10-8-11(2)12/h11H,3-10,12H2,1-2H3. The molecule has 0 radical (unpaired) electrons. The van der Waals surface area contributed by atoms with Crippen molar-refractivity contribution >= 4 is 0 Å². The fourth-order valence-electron chi connectivity index (χ4n) is 1.18. The molecule has 0 spiro atoms. The molecule has 0 saturated heterocycles. The zero-order valence-corrected chi connectivity index (χ0v) is 9.22. The quantitative estimate of drug-likeness (QED) is 0.563. The van der Waals surface area contributed by atoms with Crippen LogP contribution in [0.25, 0.3) is 0 Å². The van der Waals surface area contributed by atoms with Crippen molar-refractivity contribution in [3.8, 4) is 0 Å². The van der Waals surface area contributed by atoms with Crippen molar-refractivity contribution in [2.24, 2.45) is 5.73 Å². The van der Waals surface area contributed by atoms with Gasteiger partial charge >= 0.3 is 0 Å². The predicted molar refractivity (Wildman–Crippen MR) is 57.8 cm³/mol. The largest absolute Gasteiger partial charge is 0.381 e. The maximum atomic E-state index is 5.59. The van der Waals surface area contributed by atoms with Gasteiger partial charge in [0.05, 0.1) is 0 Å². The first-order valence-corrected chi connectivity index (χ1v) is 5.60. The number of ether oxygens (including phenoxy) is 1. The van der Waals surface area contributed by atoms with Crippen molar-refractivity contribution < 1.29 is 4.74 Å². The van der Waals surface area contributed by atoms with Crippen LogP contribution in [0.2, 0.25) is 0 Å². The molecule has 0 fully saturated rings. The maximum Gasteiger partial charge on any atom is 0.0480 e. The molecule has 0 rings (SSSR count). The van der Waals surface area contributed by atoms with Crippen LogP contribution in [-0.4, -0.2) is 19.3 Å². The van der Waals surface area contributed by atoms with Crippen LogP contribution in [0, 0.1) is 0 Å². The summed E-state index contributed by atoms with van der Waals surface area (Å²) in [4.78, 5) is 0. The Labute approximate surface area is 82.8 Å². The molecular formula is C11H25NO. The molecule has 1 atom stereocenters. The first kappa shape index (κ1) is 12.9. The zero-order valence-electron chi connectivity index (χ0n) is 9.22. The minimum absolute atomic E-state index is 0.278. The van der Waals surface area contributed by atoms with Gasteiger partial charge < -0.3 is 10.5 Å². The van der Waals surface area contributed by atoms with Gasteiger partial charge in [-0.15, -0.1) is 0 Å². The van der Waals surface area contributed by atoms with E-state index in [4.69, 9.17) is 10.5 Å². The molecule has 0 aliphatic rings. The SMILES string of the molecule is CCCCCCCOCCC(C)N. The lowest BCUT2D eigenvalue weighted by Gasteiger charge is -2.06. The third-order valence-electron chi connectivity index (χ3n) is 2.11. The first-order chi connectivity index (χ1) is 6.27. The van der Waals surface area contributed by atoms with E-state index >= 15 is 0 Å². The smallest absolute Gasteiger partial charge is 0.0480 e. The highest BCUT2D eigenvalue weighted by molar-refractivity contribution is 4.50. The Balaban J connectivity index is 2.84. The summed E-state index contributed by atoms with van der Waals surface area (Å²) in [6.45, 7) is 5.99. The predicted octanol–water partition coefficient (Wildman–Crippen LogP) is 2.71. The summed E-state index contributed by atoms with van der Waals surface area (Å²) < 4.78 is 5.44. The molecule has 0 saturated carbocycles. The van der Waals surface area contributed by atoms with Gasteiger partial charge in [-0.2, -0.15) is 0 Å². The number of hydrogen-bond donors (Lipinski definition) is 1. The van der Waals surface area contributed by atoms with E-state index in [0.29, 0.717) is 0 Å². The number of hydrogen-bond acceptors (Lipinski definition) is 2. The highest BCUT2D eigenvalue weighted by Crippen LogP contribution is 2.02. The highest BCUT2D eigenvalue weighted by Gasteiger charge is 1.94. The van der Waals surface area contributed by atoms with Crippen molar-refractivity contribution in [2.75, 3.05) is 13.2 Å². The molecule has 0 aliphatic heterocycles. The summed E-state index contributed by atoms with van der Waals surface area (Å²) in [7, 11) is 0. The fourth-order valence-corrected chi connectivity index (χ4v) is 1.18. The summed E-state index contributed by atoms with van der Waals surface area (Å²) in [5.41, 5.74) is 5.59. The summed E-state index contributed by atoms with van der Waals surface area (Å²) in [5, 5.41) is 0. The van der Waals surface area contributed by atoms with Crippen LogP contribution in [0.1, 0.15) is 52.4 Å². The van der Waals surface area contributed by atoms with Crippen LogP contribution in [0.4, 0.5) is 0 Å². The fraction of sp³-hybridized carbons (Fsp3) is 1.00. The number of unbranched alkanes of at least 4 members (excludes halogenated alkanes) is 4. The summed E-state index contributed by atoms with van der Waals surface area (Å²) in [6, 6.07) is 0.278. The molecule has 0 heterocycles. The van der Waals surface area contributed by atoms with E-state index in [0.717, 1.165) is 19.6 Å². The second-order valence-electron chi connectivity index (χ2n) is 3.79. The van der Waals surface area contributed by atoms with E-state index in [-0.39, 0.29) is 6.04 Å². The van der Waals surface area contributed by atoms with E-state index in [9.17, 15) is 0 Å². The average molecular weight is 187 g/mol. The van der Waals surface area contributed by atoms with Gasteiger partial charge in [0, 0.05) is 19.3 Å². The second kappa shape index (κ2) is 10.0. The van der Waals surface area contributed by atoms with Crippen molar-refractivity contribution in [2.45, 2.75) is 58.4 Å². The molecular weight excluding hydrogens is 162 g/mol. The lowest BCUT2D eigenvalue weighted by Crippen LogP contribution is -2.17. The molecule has 2 N–H and O–H groups in total. The van der Waals surface area contributed by atoms with Crippen molar-refractivity contribution in [1.82, 2.24) is 0 Å². The summed E-state index contributed by atoms with van der Waals surface area (Å²) in [6.07, 6.45) is 7.53. The minimum Gasteiger partial charge on any atom is -0.381 e. The molecule has 80 valence electrons. The topological polar surface area (TPSA) is 35.2 Å². The van der Waals surface area contributed by atoms with Gasteiger partial charge in [0.15, 0.2) is 0 Å². The van der Waals surface area contributed by atoms with Crippen LogP contribution in [-0.2, 0) is 4.74 Å². The van der Waals surface area contributed by atoms with E-state index in [2.05, 4.69) is 6.92 Å². The Morgan fingerprint density at radius 1 is 1.08 bits per heavy atom. The van der Waals surface area contributed by atoms with Crippen LogP contribution in [0.3, 0.4) is 0 Å². The van der Waals surface area contributed by atoms with Gasteiger partial charge in [0.25, 0.3) is 0 Å². The number of rotatable bonds is 9. The van der Waals surface area contributed by atoms with E-state index in [1.807, 2.05) is 6.92 Å². The molecule has 0 amide bonds. The third kappa shape index (κ3) is 11.9. The normalized spacial score (nSPS) is 13.2. The summed E-state index contributed by atoms with van der Waals surface area (Å²) >= 11 is 0. The Hall–Kier alpha value is -0.0800. The molecule has 0 aromatic carbocycles. The molecule has 0 bridgehead atoms. The Kier molecular flexibility index (Phi) is 9.94. The van der Waals surface area contributed by atoms with Crippen LogP contribution >= 0.6 is 0 Å². The van der Waals surface area contributed by atoms with E-state index in [1.54, 1.807) is 0 Å². The van der Waals surface area contributed by atoms with Crippen LogP contribution < -0.4 is 5.73 Å². The van der Waals surface area contributed by atoms with Crippen LogP contribution in [0.15, 0.2) is 0 Å². The van der Waals surface area contributed by atoms with Gasteiger partial charge in [-0.3, -0.25) is 0 Å². The van der Waals surface area contributed by atoms with Gasteiger partial charge in [0.1, 0.15) is 0 Å². The average Bonchev–Trinajstić information content (AvgIpc) is 2.09. The Bertz CT molecular complexity index is 94.1. The highest BCUT2D eigenvalue weighted by atomic mass is 16.5. The van der Waals surface area contributed by atoms with Gasteiger partial charge in [-0.1, -0.05) is 32.6 Å². The molecule has 0 aromatic heterocycles. The number of nitrogens with two attached hydrogens (primary N) is 1. The lowest BCUT2D eigenvalue weighted by molar-refractivity contribution is 0.124. The van der Waals surface area contributed by atoms with Gasteiger partial charge in [-0.05, 0) is 19.8 Å². The molecule has 13 heavy (non-hydrogen) atoms. The van der Waals surface area contributed by atoms with Gasteiger partial charge in [-0.25, -0.2) is 0 Å². The van der Waals surface area contributed by atoms with Crippen molar-refractivity contribution in [1.29, 1.82) is 0 Å². The third-order valence-corrected chi connectivity index (χ3v) is 2.11. The molecule has 0 aliphatic carbocycles. The lowest BCUT2D eigenvalue weighted by atomic mass is 10.2. The Morgan fingerprint density at radius 2 is 1.77 bits per heavy atom. The van der Waals surface area contributed by atoms with Crippen molar-refractivity contribution in [3.05, 3.63) is 0 Å². The minimum atomic E-state index is 0.278. The van der Waals surface area contributed by atoms with E-state index in [1.165, 1.54) is 32.1 Å². The van der Waals surface area contributed by atoms with Gasteiger partial charge in [0.2, 0.25) is 0 Å². The van der Waals surface area contributed by atoms with Crippen LogP contribution in [0.5, 0.6) is 0 Å². The maximum absolute atomic E-state index is 5.59. The van der Waals surface area contributed by atoms with Crippen molar-refractivity contribution in [3.63, 3.8) is 0 Å². The monoisotopic (exact) mass is 187 g/mol. The Morgan fingerprint density at radius 3 is 2.38 bits per heavy atom. The summed E-state index contributed by atoms with van der Waals surface area (Å²) in [5.74, 6) is 0. The zero-order chi connectivity index (χ0) is 9.94. The molecule has 0 aromatic rings. The molecule has 2 heteroatoms. The van der Waals surface area contributed by atoms with E-state index < -0.39 is 0 Å².